The molecular weight excluding hydrogens is 1140 g/mol. The third-order valence-electron chi connectivity index (χ3n) is 20.0. The van der Waals surface area contributed by atoms with Gasteiger partial charge in [-0.25, -0.2) is 0 Å². The summed E-state index contributed by atoms with van der Waals surface area (Å²) in [5, 5.41) is 14.9. The van der Waals surface area contributed by atoms with E-state index in [0.29, 0.717) is 0 Å². The summed E-state index contributed by atoms with van der Waals surface area (Å²) < 4.78 is 15.6. The Hall–Kier alpha value is -10.4. The van der Waals surface area contributed by atoms with Crippen molar-refractivity contribution in [1.82, 2.24) is 18.3 Å². The number of aromatic nitrogens is 4. The first-order valence-electron chi connectivity index (χ1n) is 31.7. The number of thiophene rings is 2. The van der Waals surface area contributed by atoms with Crippen LogP contribution in [0.25, 0.3) is 150 Å². The molecule has 91 heavy (non-hydrogen) atoms. The van der Waals surface area contributed by atoms with Crippen molar-refractivity contribution < 1.29 is 0 Å². The van der Waals surface area contributed by atoms with Gasteiger partial charge < -0.3 is 18.3 Å². The van der Waals surface area contributed by atoms with E-state index in [1.165, 1.54) is 166 Å². The van der Waals surface area contributed by atoms with Crippen LogP contribution in [-0.2, 0) is 0 Å². The maximum Gasteiger partial charge on any atom is 0.242 e. The number of benzene rings is 13. The molecule has 4 nitrogen and oxygen atoms in total. The van der Waals surface area contributed by atoms with Crippen molar-refractivity contribution in [3.8, 4) is 22.7 Å². The number of hydrogen-bond donors (Lipinski definition) is 0. The number of aryl methyl sites for hydroxylation is 6. The van der Waals surface area contributed by atoms with Crippen molar-refractivity contribution in [1.29, 1.82) is 0 Å². The van der Waals surface area contributed by atoms with Crippen molar-refractivity contribution >= 4 is 173 Å². The van der Waals surface area contributed by atoms with E-state index in [9.17, 15) is 0 Å². The highest BCUT2D eigenvalue weighted by molar-refractivity contribution is 7.26. The summed E-state index contributed by atoms with van der Waals surface area (Å²) in [5.74, 6) is 0. The summed E-state index contributed by atoms with van der Waals surface area (Å²) in [7, 11) is 0. The van der Waals surface area contributed by atoms with Crippen LogP contribution in [0.15, 0.2) is 249 Å². The van der Waals surface area contributed by atoms with Gasteiger partial charge in [0.2, 0.25) is 6.71 Å². The Bertz CT molecular complexity index is 5940. The fraction of sp³-hybridized carbons (Fsp3) is 0.0714. The Balaban J connectivity index is 0.991. The lowest BCUT2D eigenvalue weighted by Crippen LogP contribution is -2.56. The SMILES string of the molecule is Cc1cc(C)c(B(c2cc(-n3c4ccccc4c4ccc5c6ccccc6n(-c6ccc7sc8ccccc8c7c6)c5c43)cc(-n3c4ccccc4c4ccc5c6ccccc6n(-c6ccc7sc8ccccc8c7c6)c5c43)c2)c2c(C)cc(C)cc2C)c(C)c1. The summed E-state index contributed by atoms with van der Waals surface area (Å²) in [6.45, 7) is 13.7. The fourth-order valence-electron chi connectivity index (χ4n) is 16.6. The zero-order valence-corrected chi connectivity index (χ0v) is 53.0. The fourth-order valence-corrected chi connectivity index (χ4v) is 18.8. The van der Waals surface area contributed by atoms with E-state index in [4.69, 9.17) is 0 Å². The molecule has 0 bridgehead atoms. The minimum atomic E-state index is -0.127. The molecule has 13 aromatic carbocycles. The highest BCUT2D eigenvalue weighted by atomic mass is 32.1. The Morgan fingerprint density at radius 3 is 0.890 bits per heavy atom. The van der Waals surface area contributed by atoms with Gasteiger partial charge in [-0.2, -0.15) is 0 Å². The van der Waals surface area contributed by atoms with Crippen LogP contribution in [-0.4, -0.2) is 25.0 Å². The number of fused-ring (bicyclic) bond motifs is 20. The molecule has 19 rings (SSSR count). The minimum Gasteiger partial charge on any atom is -0.307 e. The Morgan fingerprint density at radius 1 is 0.242 bits per heavy atom. The monoisotopic (exact) mass is 1200 g/mol. The Kier molecular flexibility index (Phi) is 11.3. The Morgan fingerprint density at radius 2 is 0.538 bits per heavy atom. The van der Waals surface area contributed by atoms with Gasteiger partial charge in [-0.15, -0.1) is 22.7 Å². The summed E-state index contributed by atoms with van der Waals surface area (Å²) in [4.78, 5) is 0. The van der Waals surface area contributed by atoms with Crippen LogP contribution in [0.4, 0.5) is 0 Å². The second-order valence-electron chi connectivity index (χ2n) is 25.5. The largest absolute Gasteiger partial charge is 0.307 e. The summed E-state index contributed by atoms with van der Waals surface area (Å²) in [6.07, 6.45) is 0. The van der Waals surface area contributed by atoms with Crippen molar-refractivity contribution in [2.75, 3.05) is 0 Å². The van der Waals surface area contributed by atoms with Gasteiger partial charge >= 0.3 is 0 Å². The first-order chi connectivity index (χ1) is 44.6. The quantitative estimate of drug-likeness (QED) is 0.142. The second kappa shape index (κ2) is 19.5. The number of para-hydroxylation sites is 4. The van der Waals surface area contributed by atoms with E-state index in [-0.39, 0.29) is 6.71 Å². The van der Waals surface area contributed by atoms with Crippen molar-refractivity contribution in [3.05, 3.63) is 282 Å². The van der Waals surface area contributed by atoms with E-state index >= 15 is 0 Å². The van der Waals surface area contributed by atoms with Crippen LogP contribution in [0.2, 0.25) is 0 Å². The van der Waals surface area contributed by atoms with Gasteiger partial charge in [0.05, 0.1) is 44.1 Å². The van der Waals surface area contributed by atoms with Crippen LogP contribution in [0.1, 0.15) is 33.4 Å². The van der Waals surface area contributed by atoms with Gasteiger partial charge in [0, 0.05) is 106 Å². The predicted molar refractivity (Wildman–Crippen MR) is 396 cm³/mol. The molecule has 0 atom stereocenters. The molecule has 0 radical (unpaired) electrons. The van der Waals surface area contributed by atoms with Gasteiger partial charge in [-0.05, 0) is 133 Å². The highest BCUT2D eigenvalue weighted by Crippen LogP contribution is 2.46. The molecule has 19 aromatic rings. The van der Waals surface area contributed by atoms with Crippen LogP contribution < -0.4 is 16.4 Å². The lowest BCUT2D eigenvalue weighted by molar-refractivity contribution is 1.12. The molecule has 6 aromatic heterocycles. The van der Waals surface area contributed by atoms with Crippen LogP contribution >= 0.6 is 22.7 Å². The lowest BCUT2D eigenvalue weighted by Gasteiger charge is -2.26. The predicted octanol–water partition coefficient (Wildman–Crippen LogP) is 21.2. The van der Waals surface area contributed by atoms with E-state index in [1.54, 1.807) is 0 Å². The molecule has 0 N–H and O–H groups in total. The van der Waals surface area contributed by atoms with Crippen molar-refractivity contribution in [2.45, 2.75) is 41.5 Å². The van der Waals surface area contributed by atoms with E-state index in [0.717, 1.165) is 33.8 Å². The molecule has 0 saturated carbocycles. The Labute approximate surface area is 534 Å². The summed E-state index contributed by atoms with van der Waals surface area (Å²) in [6, 6.07) is 95.1. The molecular formula is C84H59BN4S2. The molecule has 0 aliphatic carbocycles. The average Bonchev–Trinajstić information content (AvgIpc) is 1.56. The molecule has 0 aliphatic rings. The third kappa shape index (κ3) is 7.56. The molecule has 0 saturated heterocycles. The highest BCUT2D eigenvalue weighted by Gasteiger charge is 2.32. The van der Waals surface area contributed by atoms with Gasteiger partial charge in [0.15, 0.2) is 0 Å². The maximum absolute atomic E-state index is 2.63. The van der Waals surface area contributed by atoms with Crippen molar-refractivity contribution in [3.63, 3.8) is 0 Å². The minimum absolute atomic E-state index is 0.127. The van der Waals surface area contributed by atoms with Gasteiger partial charge in [0.25, 0.3) is 0 Å². The first-order valence-corrected chi connectivity index (χ1v) is 33.3. The number of nitrogens with zero attached hydrogens (tertiary/aromatic N) is 4. The zero-order chi connectivity index (χ0) is 60.7. The van der Waals surface area contributed by atoms with Crippen molar-refractivity contribution in [2.24, 2.45) is 0 Å². The molecule has 430 valence electrons. The smallest absolute Gasteiger partial charge is 0.242 e. The normalized spacial score (nSPS) is 12.3. The molecule has 0 unspecified atom stereocenters. The van der Waals surface area contributed by atoms with Crippen LogP contribution in [0, 0.1) is 41.5 Å². The van der Waals surface area contributed by atoms with Gasteiger partial charge in [-0.3, -0.25) is 0 Å². The van der Waals surface area contributed by atoms with Crippen LogP contribution in [0.5, 0.6) is 0 Å². The standard InChI is InChI=1S/C84H59BN4S2/c1-48-39-50(3)79(51(4)40-48)85(80-52(5)41-49(2)42-53(80)6)54-43-57(88-73-27-15-9-21-61(73)67-35-33-65-59-19-7-13-25-71(59)86(81(65)83(67)88)55-31-37-77-69(46-55)63-23-11-17-29-75(63)90-77)45-58(44-54)89-74-28-16-10-22-62(74)68-36-34-66-60-20-8-14-26-72(60)87(82(66)84(68)89)56-32-38-78-70(47-56)64-24-12-18-30-76(64)91-78/h7-47H,1-6H3. The lowest BCUT2D eigenvalue weighted by atomic mass is 9.34. The van der Waals surface area contributed by atoms with E-state index < -0.39 is 0 Å². The molecule has 6 heterocycles. The first kappa shape index (κ1) is 52.5. The van der Waals surface area contributed by atoms with Gasteiger partial charge in [-0.1, -0.05) is 207 Å². The number of hydrogen-bond acceptors (Lipinski definition) is 2. The molecule has 0 amide bonds. The van der Waals surface area contributed by atoms with Crippen LogP contribution in [0.3, 0.4) is 0 Å². The molecule has 0 spiro atoms. The summed E-state index contributed by atoms with van der Waals surface area (Å²) >= 11 is 3.74. The zero-order valence-electron chi connectivity index (χ0n) is 51.4. The average molecular weight is 1200 g/mol. The molecule has 7 heteroatoms. The molecule has 0 fully saturated rings. The van der Waals surface area contributed by atoms with E-state index in [2.05, 4.69) is 309 Å². The third-order valence-corrected chi connectivity index (χ3v) is 22.3. The number of rotatable bonds is 7. The summed E-state index contributed by atoms with van der Waals surface area (Å²) in [5.41, 5.74) is 25.6. The van der Waals surface area contributed by atoms with Gasteiger partial charge in [0.1, 0.15) is 0 Å². The topological polar surface area (TPSA) is 19.7 Å². The second-order valence-corrected chi connectivity index (χ2v) is 27.7. The molecule has 0 aliphatic heterocycles. The van der Waals surface area contributed by atoms with E-state index in [1.807, 2.05) is 22.7 Å². The maximum atomic E-state index is 2.63.